The van der Waals surface area contributed by atoms with Crippen LogP contribution in [0.4, 0.5) is 0 Å². The van der Waals surface area contributed by atoms with Gasteiger partial charge in [0.25, 0.3) is 0 Å². The molecule has 1 aromatic rings. The fourth-order valence-corrected chi connectivity index (χ4v) is 1.40. The standard InChI is InChI=1S/C12H17NO2/c1-8(2)13-11(12(14)15)10-6-4-9(3)5-7-10/h4-8,11,13H,1-3H3,(H,14,15). The second kappa shape index (κ2) is 4.94. The van der Waals surface area contributed by atoms with E-state index in [2.05, 4.69) is 5.32 Å². The highest BCUT2D eigenvalue weighted by atomic mass is 16.4. The molecule has 1 rings (SSSR count). The summed E-state index contributed by atoms with van der Waals surface area (Å²) in [5, 5.41) is 12.1. The van der Waals surface area contributed by atoms with Gasteiger partial charge < -0.3 is 5.11 Å². The zero-order valence-electron chi connectivity index (χ0n) is 9.32. The summed E-state index contributed by atoms with van der Waals surface area (Å²) in [6.45, 7) is 5.85. The number of hydrogen-bond acceptors (Lipinski definition) is 2. The van der Waals surface area contributed by atoms with Crippen molar-refractivity contribution in [3.8, 4) is 0 Å². The highest BCUT2D eigenvalue weighted by Gasteiger charge is 2.19. The molecule has 0 fully saturated rings. The van der Waals surface area contributed by atoms with Crippen LogP contribution in [-0.2, 0) is 4.79 Å². The molecule has 82 valence electrons. The molecule has 1 unspecified atom stereocenters. The first-order valence-electron chi connectivity index (χ1n) is 5.06. The van der Waals surface area contributed by atoms with E-state index in [1.54, 1.807) is 0 Å². The third-order valence-electron chi connectivity index (χ3n) is 2.16. The van der Waals surface area contributed by atoms with E-state index in [1.165, 1.54) is 0 Å². The van der Waals surface area contributed by atoms with Gasteiger partial charge in [-0.1, -0.05) is 29.8 Å². The summed E-state index contributed by atoms with van der Waals surface area (Å²) in [5.74, 6) is -0.840. The number of benzene rings is 1. The Bertz CT molecular complexity index is 330. The van der Waals surface area contributed by atoms with Gasteiger partial charge in [0.05, 0.1) is 0 Å². The molecule has 3 nitrogen and oxygen atoms in total. The van der Waals surface area contributed by atoms with Crippen molar-refractivity contribution < 1.29 is 9.90 Å². The van der Waals surface area contributed by atoms with Gasteiger partial charge in [0, 0.05) is 6.04 Å². The molecule has 0 aliphatic rings. The Morgan fingerprint density at radius 1 is 1.27 bits per heavy atom. The number of rotatable bonds is 4. The summed E-state index contributed by atoms with van der Waals surface area (Å²) in [6.07, 6.45) is 0. The third-order valence-corrected chi connectivity index (χ3v) is 2.16. The van der Waals surface area contributed by atoms with E-state index in [0.717, 1.165) is 11.1 Å². The van der Waals surface area contributed by atoms with Crippen molar-refractivity contribution in [1.29, 1.82) is 0 Å². The van der Waals surface area contributed by atoms with Crippen molar-refractivity contribution in [2.75, 3.05) is 0 Å². The first-order valence-corrected chi connectivity index (χ1v) is 5.06. The number of carbonyl (C=O) groups is 1. The van der Waals surface area contributed by atoms with E-state index in [9.17, 15) is 4.79 Å². The SMILES string of the molecule is Cc1ccc(C(NC(C)C)C(=O)O)cc1. The van der Waals surface area contributed by atoms with Crippen molar-refractivity contribution in [2.24, 2.45) is 0 Å². The highest BCUT2D eigenvalue weighted by Crippen LogP contribution is 2.14. The molecule has 15 heavy (non-hydrogen) atoms. The largest absolute Gasteiger partial charge is 0.480 e. The number of aliphatic carboxylic acids is 1. The minimum absolute atomic E-state index is 0.146. The maximum absolute atomic E-state index is 11.1. The zero-order chi connectivity index (χ0) is 11.4. The van der Waals surface area contributed by atoms with E-state index in [-0.39, 0.29) is 6.04 Å². The lowest BCUT2D eigenvalue weighted by Crippen LogP contribution is -2.33. The Morgan fingerprint density at radius 2 is 1.80 bits per heavy atom. The molecule has 2 N–H and O–H groups in total. The minimum Gasteiger partial charge on any atom is -0.480 e. The topological polar surface area (TPSA) is 49.3 Å². The average Bonchev–Trinajstić information content (AvgIpc) is 2.15. The number of nitrogens with one attached hydrogen (secondary N) is 1. The fraction of sp³-hybridized carbons (Fsp3) is 0.417. The van der Waals surface area contributed by atoms with E-state index in [4.69, 9.17) is 5.11 Å². The summed E-state index contributed by atoms with van der Waals surface area (Å²) in [4.78, 5) is 11.1. The molecule has 0 amide bonds. The molecule has 0 aliphatic carbocycles. The van der Waals surface area contributed by atoms with Gasteiger partial charge in [-0.15, -0.1) is 0 Å². The monoisotopic (exact) mass is 207 g/mol. The van der Waals surface area contributed by atoms with E-state index >= 15 is 0 Å². The molecular formula is C12H17NO2. The van der Waals surface area contributed by atoms with Gasteiger partial charge in [-0.2, -0.15) is 0 Å². The summed E-state index contributed by atoms with van der Waals surface area (Å²) in [6, 6.07) is 7.08. The quantitative estimate of drug-likeness (QED) is 0.795. The maximum atomic E-state index is 11.1. The lowest BCUT2D eigenvalue weighted by Gasteiger charge is -2.17. The number of hydrogen-bond donors (Lipinski definition) is 2. The Kier molecular flexibility index (Phi) is 3.86. The number of aryl methyl sites for hydroxylation is 1. The van der Waals surface area contributed by atoms with Gasteiger partial charge in [0.1, 0.15) is 6.04 Å². The van der Waals surface area contributed by atoms with Gasteiger partial charge >= 0.3 is 5.97 Å². The predicted molar refractivity (Wildman–Crippen MR) is 59.8 cm³/mol. The lowest BCUT2D eigenvalue weighted by atomic mass is 10.0. The van der Waals surface area contributed by atoms with Crippen LogP contribution in [0.15, 0.2) is 24.3 Å². The lowest BCUT2D eigenvalue weighted by molar-refractivity contribution is -0.139. The van der Waals surface area contributed by atoms with Crippen molar-refractivity contribution in [3.63, 3.8) is 0 Å². The van der Waals surface area contributed by atoms with Crippen LogP contribution >= 0.6 is 0 Å². The van der Waals surface area contributed by atoms with E-state index < -0.39 is 12.0 Å². The summed E-state index contributed by atoms with van der Waals surface area (Å²) in [5.41, 5.74) is 1.93. The second-order valence-corrected chi connectivity index (χ2v) is 4.00. The van der Waals surface area contributed by atoms with Crippen molar-refractivity contribution in [3.05, 3.63) is 35.4 Å². The molecule has 0 radical (unpaired) electrons. The van der Waals surface area contributed by atoms with Gasteiger partial charge in [0.15, 0.2) is 0 Å². The van der Waals surface area contributed by atoms with Crippen molar-refractivity contribution in [2.45, 2.75) is 32.9 Å². The van der Waals surface area contributed by atoms with Crippen molar-refractivity contribution in [1.82, 2.24) is 5.32 Å². The number of carboxylic acid groups (broad SMARTS) is 1. The Balaban J connectivity index is 2.89. The molecule has 0 bridgehead atoms. The second-order valence-electron chi connectivity index (χ2n) is 4.00. The van der Waals surface area contributed by atoms with Gasteiger partial charge in [-0.3, -0.25) is 10.1 Å². The molecule has 0 saturated heterocycles. The van der Waals surface area contributed by atoms with Gasteiger partial charge in [0.2, 0.25) is 0 Å². The zero-order valence-corrected chi connectivity index (χ0v) is 9.32. The van der Waals surface area contributed by atoms with E-state index in [0.29, 0.717) is 0 Å². The first-order chi connectivity index (χ1) is 7.00. The predicted octanol–water partition coefficient (Wildman–Crippen LogP) is 2.12. The van der Waals surface area contributed by atoms with Crippen LogP contribution in [0.25, 0.3) is 0 Å². The number of carboxylic acids is 1. The Morgan fingerprint density at radius 3 is 2.20 bits per heavy atom. The van der Waals surface area contributed by atoms with Crippen LogP contribution in [-0.4, -0.2) is 17.1 Å². The summed E-state index contributed by atoms with van der Waals surface area (Å²) in [7, 11) is 0. The smallest absolute Gasteiger partial charge is 0.325 e. The van der Waals surface area contributed by atoms with Crippen LogP contribution in [0.5, 0.6) is 0 Å². The molecule has 0 aromatic heterocycles. The molecular weight excluding hydrogens is 190 g/mol. The molecule has 1 aromatic carbocycles. The van der Waals surface area contributed by atoms with Crippen LogP contribution in [0.1, 0.15) is 31.0 Å². The Labute approximate surface area is 90.1 Å². The van der Waals surface area contributed by atoms with E-state index in [1.807, 2.05) is 45.0 Å². The Hall–Kier alpha value is -1.35. The van der Waals surface area contributed by atoms with Crippen LogP contribution in [0.2, 0.25) is 0 Å². The normalized spacial score (nSPS) is 12.8. The molecule has 0 heterocycles. The van der Waals surface area contributed by atoms with Gasteiger partial charge in [-0.25, -0.2) is 0 Å². The third kappa shape index (κ3) is 3.36. The molecule has 3 heteroatoms. The average molecular weight is 207 g/mol. The maximum Gasteiger partial charge on any atom is 0.325 e. The van der Waals surface area contributed by atoms with Gasteiger partial charge in [-0.05, 0) is 26.3 Å². The minimum atomic E-state index is -0.840. The molecule has 1 atom stereocenters. The van der Waals surface area contributed by atoms with Crippen molar-refractivity contribution >= 4 is 5.97 Å². The fourth-order valence-electron chi connectivity index (χ4n) is 1.40. The van der Waals surface area contributed by atoms with Crippen LogP contribution < -0.4 is 5.32 Å². The molecule has 0 saturated carbocycles. The molecule has 0 aliphatic heterocycles. The summed E-state index contributed by atoms with van der Waals surface area (Å²) < 4.78 is 0. The first kappa shape index (κ1) is 11.7. The summed E-state index contributed by atoms with van der Waals surface area (Å²) >= 11 is 0. The van der Waals surface area contributed by atoms with Crippen LogP contribution in [0.3, 0.4) is 0 Å². The van der Waals surface area contributed by atoms with Crippen LogP contribution in [0, 0.1) is 6.92 Å². The molecule has 0 spiro atoms. The highest BCUT2D eigenvalue weighted by molar-refractivity contribution is 5.75.